The third-order valence-electron chi connectivity index (χ3n) is 2.36. The zero-order valence-electron chi connectivity index (χ0n) is 9.25. The van der Waals surface area contributed by atoms with Gasteiger partial charge in [0.05, 0.1) is 6.10 Å². The Kier molecular flexibility index (Phi) is 5.74. The zero-order chi connectivity index (χ0) is 12.0. The Labute approximate surface area is 100.0 Å². The zero-order valence-corrected chi connectivity index (χ0v) is 10.0. The number of ether oxygens (including phenoxy) is 1. The molecule has 0 saturated carbocycles. The van der Waals surface area contributed by atoms with Crippen molar-refractivity contribution in [1.29, 1.82) is 0 Å². The molecule has 1 aromatic carbocycles. The SMILES string of the molecule is COCCCC(O)Cc1ccc(Cl)cc1F. The van der Waals surface area contributed by atoms with E-state index in [2.05, 4.69) is 0 Å². The predicted molar refractivity (Wildman–Crippen MR) is 62.2 cm³/mol. The topological polar surface area (TPSA) is 29.5 Å². The Morgan fingerprint density at radius 3 is 2.88 bits per heavy atom. The van der Waals surface area contributed by atoms with Gasteiger partial charge in [-0.3, -0.25) is 0 Å². The molecule has 0 aromatic heterocycles. The molecule has 90 valence electrons. The van der Waals surface area contributed by atoms with Crippen molar-refractivity contribution in [3.8, 4) is 0 Å². The summed E-state index contributed by atoms with van der Waals surface area (Å²) in [7, 11) is 1.62. The lowest BCUT2D eigenvalue weighted by Gasteiger charge is -2.11. The van der Waals surface area contributed by atoms with E-state index < -0.39 is 6.10 Å². The Bertz CT molecular complexity index is 331. The van der Waals surface area contributed by atoms with Crippen LogP contribution in [0, 0.1) is 5.82 Å². The van der Waals surface area contributed by atoms with Crippen LogP contribution >= 0.6 is 11.6 Å². The van der Waals surface area contributed by atoms with Crippen LogP contribution in [-0.4, -0.2) is 24.9 Å². The largest absolute Gasteiger partial charge is 0.393 e. The second-order valence-electron chi connectivity index (χ2n) is 3.73. The van der Waals surface area contributed by atoms with Gasteiger partial charge in [-0.2, -0.15) is 0 Å². The summed E-state index contributed by atoms with van der Waals surface area (Å²) in [5.41, 5.74) is 0.495. The minimum atomic E-state index is -0.536. The van der Waals surface area contributed by atoms with Crippen molar-refractivity contribution in [2.45, 2.75) is 25.4 Å². The van der Waals surface area contributed by atoms with E-state index in [-0.39, 0.29) is 5.82 Å². The lowest BCUT2D eigenvalue weighted by atomic mass is 10.0. The van der Waals surface area contributed by atoms with Gasteiger partial charge in [0.1, 0.15) is 5.82 Å². The van der Waals surface area contributed by atoms with Gasteiger partial charge in [-0.25, -0.2) is 4.39 Å². The van der Waals surface area contributed by atoms with Gasteiger partial charge < -0.3 is 9.84 Å². The van der Waals surface area contributed by atoms with Gasteiger partial charge in [0.25, 0.3) is 0 Å². The van der Waals surface area contributed by atoms with Gasteiger partial charge in [0.2, 0.25) is 0 Å². The van der Waals surface area contributed by atoms with Crippen molar-refractivity contribution < 1.29 is 14.2 Å². The summed E-state index contributed by atoms with van der Waals surface area (Å²) in [4.78, 5) is 0. The summed E-state index contributed by atoms with van der Waals surface area (Å²) in [6.45, 7) is 0.611. The van der Waals surface area contributed by atoms with Crippen molar-refractivity contribution in [2.75, 3.05) is 13.7 Å². The van der Waals surface area contributed by atoms with Crippen LogP contribution in [-0.2, 0) is 11.2 Å². The van der Waals surface area contributed by atoms with Crippen molar-refractivity contribution >= 4 is 11.6 Å². The number of rotatable bonds is 6. The third-order valence-corrected chi connectivity index (χ3v) is 2.59. The van der Waals surface area contributed by atoms with E-state index in [4.69, 9.17) is 16.3 Å². The first-order valence-electron chi connectivity index (χ1n) is 5.24. The van der Waals surface area contributed by atoms with Gasteiger partial charge in [-0.05, 0) is 30.5 Å². The highest BCUT2D eigenvalue weighted by Crippen LogP contribution is 2.17. The van der Waals surface area contributed by atoms with Gasteiger partial charge >= 0.3 is 0 Å². The Balaban J connectivity index is 2.46. The maximum atomic E-state index is 13.4. The van der Waals surface area contributed by atoms with Crippen molar-refractivity contribution in [3.63, 3.8) is 0 Å². The molecule has 1 atom stereocenters. The van der Waals surface area contributed by atoms with Gasteiger partial charge in [-0.15, -0.1) is 0 Å². The Hall–Kier alpha value is -0.640. The highest BCUT2D eigenvalue weighted by molar-refractivity contribution is 6.30. The van der Waals surface area contributed by atoms with Crippen LogP contribution in [0.15, 0.2) is 18.2 Å². The highest BCUT2D eigenvalue weighted by atomic mass is 35.5. The second-order valence-corrected chi connectivity index (χ2v) is 4.17. The number of methoxy groups -OCH3 is 1. The first-order chi connectivity index (χ1) is 7.63. The van der Waals surface area contributed by atoms with Crippen molar-refractivity contribution in [3.05, 3.63) is 34.6 Å². The highest BCUT2D eigenvalue weighted by Gasteiger charge is 2.09. The second kappa shape index (κ2) is 6.84. The van der Waals surface area contributed by atoms with Gasteiger partial charge in [0, 0.05) is 25.2 Å². The molecule has 0 aliphatic carbocycles. The van der Waals surface area contributed by atoms with Crippen LogP contribution in [0.2, 0.25) is 5.02 Å². The average Bonchev–Trinajstić information content (AvgIpc) is 2.23. The average molecular weight is 247 g/mol. The fourth-order valence-electron chi connectivity index (χ4n) is 1.51. The number of hydrogen-bond acceptors (Lipinski definition) is 2. The monoisotopic (exact) mass is 246 g/mol. The molecule has 16 heavy (non-hydrogen) atoms. The normalized spacial score (nSPS) is 12.8. The standard InChI is InChI=1S/C12H16ClFO2/c1-16-6-2-3-11(15)7-9-4-5-10(13)8-12(9)14/h4-5,8,11,15H,2-3,6-7H2,1H3. The first kappa shape index (κ1) is 13.4. The number of aliphatic hydroxyl groups excluding tert-OH is 1. The molecule has 2 nitrogen and oxygen atoms in total. The molecule has 0 heterocycles. The molecule has 0 spiro atoms. The van der Waals surface area contributed by atoms with Crippen LogP contribution < -0.4 is 0 Å². The molecule has 0 saturated heterocycles. The summed E-state index contributed by atoms with van der Waals surface area (Å²) in [6, 6.07) is 4.50. The van der Waals surface area contributed by atoms with Crippen molar-refractivity contribution in [1.82, 2.24) is 0 Å². The lowest BCUT2D eigenvalue weighted by molar-refractivity contribution is 0.134. The fourth-order valence-corrected chi connectivity index (χ4v) is 1.67. The van der Waals surface area contributed by atoms with E-state index in [1.165, 1.54) is 6.07 Å². The molecule has 0 aliphatic rings. The summed E-state index contributed by atoms with van der Waals surface area (Å²) in [5, 5.41) is 10.0. The fraction of sp³-hybridized carbons (Fsp3) is 0.500. The van der Waals surface area contributed by atoms with Crippen LogP contribution in [0.1, 0.15) is 18.4 Å². The van der Waals surface area contributed by atoms with Crippen LogP contribution in [0.25, 0.3) is 0 Å². The molecule has 1 aromatic rings. The van der Waals surface area contributed by atoms with E-state index in [9.17, 15) is 9.50 Å². The molecular formula is C12H16ClFO2. The van der Waals surface area contributed by atoms with E-state index in [0.717, 1.165) is 6.42 Å². The summed E-state index contributed by atoms with van der Waals surface area (Å²) in [5.74, 6) is -0.363. The molecule has 0 aliphatic heterocycles. The molecule has 1 unspecified atom stereocenters. The van der Waals surface area contributed by atoms with E-state index in [1.54, 1.807) is 19.2 Å². The number of benzene rings is 1. The lowest BCUT2D eigenvalue weighted by Crippen LogP contribution is -2.12. The van der Waals surface area contributed by atoms with Crippen LogP contribution in [0.3, 0.4) is 0 Å². The Morgan fingerprint density at radius 1 is 1.50 bits per heavy atom. The molecule has 0 radical (unpaired) electrons. The third kappa shape index (κ3) is 4.47. The minimum Gasteiger partial charge on any atom is -0.393 e. The predicted octanol–water partition coefficient (Wildman–Crippen LogP) is 2.81. The maximum absolute atomic E-state index is 13.4. The van der Waals surface area contributed by atoms with E-state index in [1.807, 2.05) is 0 Å². The quantitative estimate of drug-likeness (QED) is 0.783. The molecule has 1 N–H and O–H groups in total. The molecular weight excluding hydrogens is 231 g/mol. The molecule has 4 heteroatoms. The van der Waals surface area contributed by atoms with E-state index in [0.29, 0.717) is 30.0 Å². The van der Waals surface area contributed by atoms with Gasteiger partial charge in [0.15, 0.2) is 0 Å². The van der Waals surface area contributed by atoms with Crippen LogP contribution in [0.4, 0.5) is 4.39 Å². The molecule has 0 amide bonds. The number of hydrogen-bond donors (Lipinski definition) is 1. The minimum absolute atomic E-state index is 0.312. The summed E-state index contributed by atoms with van der Waals surface area (Å²) >= 11 is 5.64. The Morgan fingerprint density at radius 2 is 2.25 bits per heavy atom. The number of halogens is 2. The summed E-state index contributed by atoms with van der Waals surface area (Å²) in [6.07, 6.45) is 1.15. The smallest absolute Gasteiger partial charge is 0.127 e. The van der Waals surface area contributed by atoms with Crippen LogP contribution in [0.5, 0.6) is 0 Å². The van der Waals surface area contributed by atoms with Crippen molar-refractivity contribution in [2.24, 2.45) is 0 Å². The van der Waals surface area contributed by atoms with E-state index >= 15 is 0 Å². The van der Waals surface area contributed by atoms with Gasteiger partial charge in [-0.1, -0.05) is 17.7 Å². The maximum Gasteiger partial charge on any atom is 0.127 e. The number of aliphatic hydroxyl groups is 1. The first-order valence-corrected chi connectivity index (χ1v) is 5.62. The molecule has 0 bridgehead atoms. The molecule has 1 rings (SSSR count). The summed E-state index contributed by atoms with van der Waals surface area (Å²) < 4.78 is 18.3. The molecule has 0 fully saturated rings.